The average Bonchev–Trinajstić information content (AvgIpc) is 2.51. The van der Waals surface area contributed by atoms with Crippen LogP contribution in [-0.4, -0.2) is 33.0 Å². The highest BCUT2D eigenvalue weighted by Crippen LogP contribution is 2.62. The Hall–Kier alpha value is -1.13. The lowest BCUT2D eigenvalue weighted by atomic mass is 9.45. The molecule has 0 bridgehead atoms. The first-order valence-electron chi connectivity index (χ1n) is 8.97. The van der Waals surface area contributed by atoms with Gasteiger partial charge in [-0.15, -0.1) is 6.58 Å². The predicted octanol–water partition coefficient (Wildman–Crippen LogP) is 3.54. The second-order valence-electron chi connectivity index (χ2n) is 8.56. The number of allylic oxidation sites excluding steroid dienone is 1. The van der Waals surface area contributed by atoms with E-state index in [0.717, 1.165) is 19.3 Å². The van der Waals surface area contributed by atoms with Crippen LogP contribution in [0.1, 0.15) is 59.8 Å². The molecule has 0 spiro atoms. The lowest BCUT2D eigenvalue weighted by Crippen LogP contribution is -2.58. The van der Waals surface area contributed by atoms with Gasteiger partial charge in [0.2, 0.25) is 0 Å². The summed E-state index contributed by atoms with van der Waals surface area (Å²) in [7, 11) is 0. The number of aliphatic hydroxyl groups excluding tert-OH is 1. The molecule has 0 unspecified atom stereocenters. The third-order valence-corrected chi connectivity index (χ3v) is 7.14. The molecular weight excluding hydrogens is 304 g/mol. The SMILES string of the molecule is C=C[C@@](C)(O)CC[C@@]1(C)[C@H](C)C[C@H](O)[C@@]2(C)C(C(=O)O)=CCC[C@H]12. The van der Waals surface area contributed by atoms with Crippen molar-refractivity contribution in [3.05, 3.63) is 24.3 Å². The van der Waals surface area contributed by atoms with E-state index in [1.807, 2.05) is 6.92 Å². The Morgan fingerprint density at radius 1 is 1.50 bits per heavy atom. The molecule has 0 amide bonds. The number of aliphatic carboxylic acids is 1. The molecule has 0 saturated heterocycles. The van der Waals surface area contributed by atoms with Crippen LogP contribution in [0.4, 0.5) is 0 Å². The van der Waals surface area contributed by atoms with Gasteiger partial charge < -0.3 is 15.3 Å². The zero-order valence-electron chi connectivity index (χ0n) is 15.4. The molecule has 24 heavy (non-hydrogen) atoms. The van der Waals surface area contributed by atoms with Crippen LogP contribution < -0.4 is 0 Å². The fourth-order valence-electron chi connectivity index (χ4n) is 5.08. The molecule has 0 aromatic carbocycles. The molecule has 6 atom stereocenters. The van der Waals surface area contributed by atoms with Gasteiger partial charge in [-0.05, 0) is 56.3 Å². The third-order valence-electron chi connectivity index (χ3n) is 7.14. The van der Waals surface area contributed by atoms with Crippen molar-refractivity contribution in [1.82, 2.24) is 0 Å². The number of hydrogen-bond donors (Lipinski definition) is 3. The Bertz CT molecular complexity index is 550. The van der Waals surface area contributed by atoms with E-state index in [-0.39, 0.29) is 17.3 Å². The van der Waals surface area contributed by atoms with Crippen molar-refractivity contribution < 1.29 is 20.1 Å². The van der Waals surface area contributed by atoms with Crippen LogP contribution in [0.15, 0.2) is 24.3 Å². The molecule has 2 aliphatic carbocycles. The first-order chi connectivity index (χ1) is 11.0. The predicted molar refractivity (Wildman–Crippen MR) is 94.5 cm³/mol. The molecular formula is C20H32O4. The van der Waals surface area contributed by atoms with Gasteiger partial charge >= 0.3 is 5.97 Å². The topological polar surface area (TPSA) is 77.8 Å². The molecule has 0 aromatic rings. The van der Waals surface area contributed by atoms with Crippen molar-refractivity contribution in [2.45, 2.75) is 71.5 Å². The molecule has 0 heterocycles. The second kappa shape index (κ2) is 6.30. The zero-order chi connectivity index (χ0) is 18.3. The quantitative estimate of drug-likeness (QED) is 0.671. The van der Waals surface area contributed by atoms with E-state index in [9.17, 15) is 20.1 Å². The number of carboxylic acids is 1. The van der Waals surface area contributed by atoms with E-state index in [0.29, 0.717) is 18.4 Å². The maximum Gasteiger partial charge on any atom is 0.331 e. The monoisotopic (exact) mass is 336 g/mol. The van der Waals surface area contributed by atoms with Crippen LogP contribution >= 0.6 is 0 Å². The van der Waals surface area contributed by atoms with E-state index < -0.39 is 23.1 Å². The minimum absolute atomic E-state index is 0.0838. The summed E-state index contributed by atoms with van der Waals surface area (Å²) in [6, 6.07) is 0. The summed E-state index contributed by atoms with van der Waals surface area (Å²) in [5, 5.41) is 30.8. The zero-order valence-corrected chi connectivity index (χ0v) is 15.4. The van der Waals surface area contributed by atoms with Crippen molar-refractivity contribution in [1.29, 1.82) is 0 Å². The minimum Gasteiger partial charge on any atom is -0.478 e. The van der Waals surface area contributed by atoms with Gasteiger partial charge in [0.15, 0.2) is 0 Å². The summed E-state index contributed by atoms with van der Waals surface area (Å²) < 4.78 is 0. The van der Waals surface area contributed by atoms with Crippen LogP contribution in [0, 0.1) is 22.7 Å². The molecule has 4 nitrogen and oxygen atoms in total. The summed E-state index contributed by atoms with van der Waals surface area (Å²) >= 11 is 0. The number of carboxylic acid groups (broad SMARTS) is 1. The third kappa shape index (κ3) is 2.95. The standard InChI is InChI=1S/C20H32O4/c1-6-18(3,24)10-11-19(4)13(2)12-16(21)20(5)14(17(22)23)8-7-9-15(19)20/h6,8,13,15-16,21,24H,1,7,9-12H2,2-5H3,(H,22,23)/t13-,15-,16+,18-,19+,20+/m1/s1. The molecule has 3 N–H and O–H groups in total. The van der Waals surface area contributed by atoms with Crippen molar-refractivity contribution in [2.24, 2.45) is 22.7 Å². The molecule has 1 saturated carbocycles. The lowest BCUT2D eigenvalue weighted by molar-refractivity contribution is -0.149. The number of aliphatic hydroxyl groups is 2. The number of carbonyl (C=O) groups is 1. The van der Waals surface area contributed by atoms with Gasteiger partial charge in [0.05, 0.1) is 11.7 Å². The highest BCUT2D eigenvalue weighted by Gasteiger charge is 2.59. The molecule has 1 fully saturated rings. The first kappa shape index (κ1) is 19.2. The summed E-state index contributed by atoms with van der Waals surface area (Å²) in [4.78, 5) is 11.8. The van der Waals surface area contributed by atoms with E-state index in [2.05, 4.69) is 20.4 Å². The molecule has 4 heteroatoms. The fraction of sp³-hybridized carbons (Fsp3) is 0.750. The fourth-order valence-corrected chi connectivity index (χ4v) is 5.08. The van der Waals surface area contributed by atoms with Crippen LogP contribution in [-0.2, 0) is 4.79 Å². The lowest BCUT2D eigenvalue weighted by Gasteiger charge is -2.59. The molecule has 136 valence electrons. The normalized spacial score (nSPS) is 41.8. The highest BCUT2D eigenvalue weighted by molar-refractivity contribution is 5.88. The first-order valence-corrected chi connectivity index (χ1v) is 8.97. The average molecular weight is 336 g/mol. The molecule has 0 aliphatic heterocycles. The van der Waals surface area contributed by atoms with E-state index >= 15 is 0 Å². The second-order valence-corrected chi connectivity index (χ2v) is 8.56. The maximum absolute atomic E-state index is 11.8. The number of fused-ring (bicyclic) bond motifs is 1. The van der Waals surface area contributed by atoms with Crippen molar-refractivity contribution in [3.63, 3.8) is 0 Å². The number of rotatable bonds is 5. The van der Waals surface area contributed by atoms with Gasteiger partial charge in [0, 0.05) is 11.0 Å². The smallest absolute Gasteiger partial charge is 0.331 e. The van der Waals surface area contributed by atoms with Gasteiger partial charge in [0.1, 0.15) is 0 Å². The Kier molecular flexibility index (Phi) is 5.04. The van der Waals surface area contributed by atoms with Crippen LogP contribution in [0.3, 0.4) is 0 Å². The summed E-state index contributed by atoms with van der Waals surface area (Å²) in [5.74, 6) is -0.573. The van der Waals surface area contributed by atoms with E-state index in [4.69, 9.17) is 0 Å². The van der Waals surface area contributed by atoms with Crippen LogP contribution in [0.5, 0.6) is 0 Å². The van der Waals surface area contributed by atoms with E-state index in [1.54, 1.807) is 19.1 Å². The summed E-state index contributed by atoms with van der Waals surface area (Å²) in [5.41, 5.74) is -1.42. The Morgan fingerprint density at radius 3 is 2.67 bits per heavy atom. The van der Waals surface area contributed by atoms with Gasteiger partial charge in [-0.2, -0.15) is 0 Å². The van der Waals surface area contributed by atoms with Crippen molar-refractivity contribution in [3.8, 4) is 0 Å². The molecule has 0 aromatic heterocycles. The van der Waals surface area contributed by atoms with Crippen LogP contribution in [0.2, 0.25) is 0 Å². The van der Waals surface area contributed by atoms with Gasteiger partial charge in [-0.25, -0.2) is 4.79 Å². The molecule has 2 rings (SSSR count). The van der Waals surface area contributed by atoms with Gasteiger partial charge in [-0.3, -0.25) is 0 Å². The summed E-state index contributed by atoms with van der Waals surface area (Å²) in [6.07, 6.45) is 6.28. The minimum atomic E-state index is -0.921. The number of hydrogen-bond acceptors (Lipinski definition) is 3. The van der Waals surface area contributed by atoms with Gasteiger partial charge in [0.25, 0.3) is 0 Å². The Balaban J connectivity index is 2.41. The Labute approximate surface area is 145 Å². The van der Waals surface area contributed by atoms with Crippen molar-refractivity contribution >= 4 is 5.97 Å². The largest absolute Gasteiger partial charge is 0.478 e. The van der Waals surface area contributed by atoms with Crippen LogP contribution in [0.25, 0.3) is 0 Å². The van der Waals surface area contributed by atoms with E-state index in [1.165, 1.54) is 0 Å². The van der Waals surface area contributed by atoms with Crippen molar-refractivity contribution in [2.75, 3.05) is 0 Å². The Morgan fingerprint density at radius 2 is 2.12 bits per heavy atom. The van der Waals surface area contributed by atoms with Gasteiger partial charge in [-0.1, -0.05) is 32.9 Å². The summed E-state index contributed by atoms with van der Waals surface area (Å²) in [6.45, 7) is 11.7. The molecule has 0 radical (unpaired) electrons. The molecule has 2 aliphatic rings. The highest BCUT2D eigenvalue weighted by atomic mass is 16.4. The maximum atomic E-state index is 11.8.